The van der Waals surface area contributed by atoms with Crippen LogP contribution >= 0.6 is 12.6 Å². The van der Waals surface area contributed by atoms with Crippen LogP contribution in [0.3, 0.4) is 0 Å². The SMILES string of the molecule is Fc1c(F)c(F)c([B-](c2c(F)c(F)c(F)c(F)c2F)(c2c(F)c(F)c(F)c(F)c2F)c2c(F)c(F)c(F)c(F)c2F)c(F)c1F.OCCOc1ccc([S+](c2ccc(S)cc2)c2ccc(OCCO)cc2)cc1. The molecule has 0 aliphatic carbocycles. The molecular formula is C46H23BF20O4S2. The van der Waals surface area contributed by atoms with Crippen LogP contribution in [0.5, 0.6) is 11.5 Å². The Kier molecular flexibility index (Phi) is 17.0. The van der Waals surface area contributed by atoms with E-state index >= 15 is 35.1 Å². The van der Waals surface area contributed by atoms with Crippen LogP contribution in [0.2, 0.25) is 0 Å². The van der Waals surface area contributed by atoms with Gasteiger partial charge in [0.2, 0.25) is 0 Å². The van der Waals surface area contributed by atoms with E-state index in [4.69, 9.17) is 19.7 Å². The number of thiol groups is 1. The van der Waals surface area contributed by atoms with Crippen molar-refractivity contribution < 1.29 is 107 Å². The van der Waals surface area contributed by atoms with Crippen LogP contribution in [0.1, 0.15) is 0 Å². The van der Waals surface area contributed by atoms with E-state index in [0.29, 0.717) is 0 Å². The van der Waals surface area contributed by atoms with Crippen LogP contribution in [0, 0.1) is 116 Å². The van der Waals surface area contributed by atoms with Crippen molar-refractivity contribution in [1.82, 2.24) is 0 Å². The average molecular weight is 1090 g/mol. The number of halogens is 20. The fraction of sp³-hybridized carbons (Fsp3) is 0.0870. The zero-order valence-corrected chi connectivity index (χ0v) is 37.2. The molecule has 0 unspecified atom stereocenters. The molecule has 73 heavy (non-hydrogen) atoms. The molecule has 0 aromatic heterocycles. The number of hydrogen-bond donors (Lipinski definition) is 3. The van der Waals surface area contributed by atoms with Crippen molar-refractivity contribution in [2.45, 2.75) is 19.6 Å². The number of ether oxygens (including phenoxy) is 2. The van der Waals surface area contributed by atoms with E-state index in [1.165, 1.54) is 4.90 Å². The van der Waals surface area contributed by atoms with Crippen molar-refractivity contribution in [2.75, 3.05) is 26.4 Å². The van der Waals surface area contributed by atoms with Crippen molar-refractivity contribution in [2.24, 2.45) is 0 Å². The van der Waals surface area contributed by atoms with Gasteiger partial charge in [-0.15, -0.1) is 34.5 Å². The Morgan fingerprint density at radius 1 is 0.315 bits per heavy atom. The third kappa shape index (κ3) is 9.85. The second kappa shape index (κ2) is 22.3. The number of benzene rings is 7. The normalized spacial score (nSPS) is 11.6. The van der Waals surface area contributed by atoms with Gasteiger partial charge in [0.1, 0.15) is 77.4 Å². The van der Waals surface area contributed by atoms with Crippen LogP contribution in [-0.2, 0) is 10.9 Å². The van der Waals surface area contributed by atoms with Crippen LogP contribution in [0.4, 0.5) is 87.8 Å². The Hall–Kier alpha value is -6.58. The minimum Gasteiger partial charge on any atom is -0.491 e. The van der Waals surface area contributed by atoms with Gasteiger partial charge in [-0.25, -0.2) is 87.8 Å². The third-order valence-electron chi connectivity index (χ3n) is 10.6. The zero-order valence-electron chi connectivity index (χ0n) is 35.5. The first kappa shape index (κ1) is 55.7. The van der Waals surface area contributed by atoms with Gasteiger partial charge in [0.15, 0.2) is 84.5 Å². The second-order valence-electron chi connectivity index (χ2n) is 14.7. The standard InChI is InChI=1S/C24BF20.C22H22O4S2/c26-5-1(6(27)14(35)21(42)13(5)34)25(2-7(28)15(36)22(43)16(37)8(2)29,3-9(30)17(38)23(44)18(39)10(3)31)4-11(32)19(40)24(45)20(41)12(4)33;23-13-15-25-17-1-7-20(8-2-17)28(22-11-5-19(27)6-12-22)21-9-3-18(4-10-21)26-16-14-24/h;1-12,23-24H,13-16H2/q-1;/p+1. The summed E-state index contributed by atoms with van der Waals surface area (Å²) in [6.07, 6.45) is -7.22. The van der Waals surface area contributed by atoms with E-state index in [9.17, 15) is 52.7 Å². The predicted molar refractivity (Wildman–Crippen MR) is 223 cm³/mol. The number of aliphatic hydroxyl groups excluding tert-OH is 2. The average Bonchev–Trinajstić information content (AvgIpc) is 3.38. The first-order valence-electron chi connectivity index (χ1n) is 19.9. The van der Waals surface area contributed by atoms with Gasteiger partial charge in [0.25, 0.3) is 0 Å². The van der Waals surface area contributed by atoms with E-state index in [1.807, 2.05) is 36.4 Å². The maximum Gasteiger partial charge on any atom is 0.200 e. The molecule has 7 rings (SSSR count). The zero-order chi connectivity index (χ0) is 54.1. The summed E-state index contributed by atoms with van der Waals surface area (Å²) in [5.41, 5.74) is -14.3. The van der Waals surface area contributed by atoms with E-state index in [-0.39, 0.29) is 37.3 Å². The highest BCUT2D eigenvalue weighted by Crippen LogP contribution is 2.35. The predicted octanol–water partition coefficient (Wildman–Crippen LogP) is 9.66. The Labute approximate surface area is 404 Å². The molecule has 4 nitrogen and oxygen atoms in total. The Morgan fingerprint density at radius 2 is 0.507 bits per heavy atom. The van der Waals surface area contributed by atoms with E-state index < -0.39 is 144 Å². The molecule has 7 aromatic rings. The second-order valence-corrected chi connectivity index (χ2v) is 17.2. The molecule has 0 aliphatic rings. The fourth-order valence-corrected chi connectivity index (χ4v) is 9.73. The van der Waals surface area contributed by atoms with Gasteiger partial charge in [-0.2, -0.15) is 0 Å². The topological polar surface area (TPSA) is 58.9 Å². The van der Waals surface area contributed by atoms with Crippen molar-refractivity contribution in [3.63, 3.8) is 0 Å². The summed E-state index contributed by atoms with van der Waals surface area (Å²) >= 11 is 4.40. The van der Waals surface area contributed by atoms with Crippen molar-refractivity contribution in [3.8, 4) is 11.5 Å². The minimum atomic E-state index is -7.22. The smallest absolute Gasteiger partial charge is 0.200 e. The summed E-state index contributed by atoms with van der Waals surface area (Å²) in [5, 5.41) is 17.8. The Bertz CT molecular complexity index is 2790. The van der Waals surface area contributed by atoms with E-state index in [0.717, 1.165) is 26.2 Å². The molecular weight excluding hydrogens is 1070 g/mol. The molecule has 0 aliphatic heterocycles. The summed E-state index contributed by atoms with van der Waals surface area (Å²) in [6, 6.07) is 24.1. The fourth-order valence-electron chi connectivity index (χ4n) is 7.54. The highest BCUT2D eigenvalue weighted by Gasteiger charge is 2.52. The maximum absolute atomic E-state index is 15.4. The number of aliphatic hydroxyl groups is 2. The lowest BCUT2D eigenvalue weighted by atomic mass is 9.12. The van der Waals surface area contributed by atoms with Crippen LogP contribution in [0.25, 0.3) is 0 Å². The molecule has 0 radical (unpaired) electrons. The van der Waals surface area contributed by atoms with E-state index in [2.05, 4.69) is 49.0 Å². The number of rotatable bonds is 13. The van der Waals surface area contributed by atoms with Crippen molar-refractivity contribution in [1.29, 1.82) is 0 Å². The van der Waals surface area contributed by atoms with E-state index in [1.54, 1.807) is 0 Å². The summed E-state index contributed by atoms with van der Waals surface area (Å²) in [6.45, 7) is 0.549. The van der Waals surface area contributed by atoms with Gasteiger partial charge >= 0.3 is 0 Å². The summed E-state index contributed by atoms with van der Waals surface area (Å²) in [7, 11) is -0.295. The monoisotopic (exact) mass is 1090 g/mol. The molecule has 0 amide bonds. The highest BCUT2D eigenvalue weighted by molar-refractivity contribution is 7.97. The quantitative estimate of drug-likeness (QED) is 0.0269. The molecule has 27 heteroatoms. The van der Waals surface area contributed by atoms with Gasteiger partial charge in [-0.1, -0.05) is 0 Å². The molecule has 2 N–H and O–H groups in total. The summed E-state index contributed by atoms with van der Waals surface area (Å²) < 4.78 is 305. The first-order valence-corrected chi connectivity index (χ1v) is 21.5. The molecule has 0 bridgehead atoms. The highest BCUT2D eigenvalue weighted by atomic mass is 32.2. The summed E-state index contributed by atoms with van der Waals surface area (Å²) in [5.74, 6) is -69.9. The van der Waals surface area contributed by atoms with Gasteiger partial charge in [0.05, 0.1) is 24.1 Å². The first-order chi connectivity index (χ1) is 34.4. The van der Waals surface area contributed by atoms with Crippen molar-refractivity contribution in [3.05, 3.63) is 189 Å². The van der Waals surface area contributed by atoms with Gasteiger partial charge < -0.3 is 19.7 Å². The maximum atomic E-state index is 15.4. The molecule has 386 valence electrons. The van der Waals surface area contributed by atoms with Crippen LogP contribution < -0.4 is 31.3 Å². The molecule has 0 saturated carbocycles. The molecule has 0 atom stereocenters. The van der Waals surface area contributed by atoms with Crippen molar-refractivity contribution >= 4 is 51.5 Å². The summed E-state index contributed by atoms with van der Waals surface area (Å²) in [4.78, 5) is 4.43. The Morgan fingerprint density at radius 3 is 0.712 bits per heavy atom. The number of hydrogen-bond acceptors (Lipinski definition) is 5. The molecule has 7 aromatic carbocycles. The molecule has 0 saturated heterocycles. The lowest BCUT2D eigenvalue weighted by molar-refractivity contribution is 0.201. The Balaban J connectivity index is 0.000000265. The largest absolute Gasteiger partial charge is 0.491 e. The third-order valence-corrected chi connectivity index (χ3v) is 13.1. The van der Waals surface area contributed by atoms with Gasteiger partial charge in [-0.3, -0.25) is 0 Å². The lowest BCUT2D eigenvalue weighted by Gasteiger charge is -2.44. The lowest BCUT2D eigenvalue weighted by Crippen LogP contribution is -2.81. The molecule has 0 fully saturated rings. The molecule has 0 heterocycles. The van der Waals surface area contributed by atoms with Crippen LogP contribution in [-0.4, -0.2) is 42.8 Å². The molecule has 0 spiro atoms. The van der Waals surface area contributed by atoms with Gasteiger partial charge in [0, 0.05) is 4.90 Å². The minimum absolute atomic E-state index is 0.00704. The van der Waals surface area contributed by atoms with Gasteiger partial charge in [-0.05, 0) is 72.8 Å². The van der Waals surface area contributed by atoms with Crippen LogP contribution in [0.15, 0.2) is 92.4 Å².